The molecule has 72 valence electrons. The van der Waals surface area contributed by atoms with Gasteiger partial charge in [0.15, 0.2) is 6.10 Å². The van der Waals surface area contributed by atoms with Gasteiger partial charge < -0.3 is 25.2 Å². The molecular formula is C6H12O6. The molecule has 0 aromatic rings. The lowest BCUT2D eigenvalue weighted by Gasteiger charge is -2.17. The summed E-state index contributed by atoms with van der Waals surface area (Å²) in [5.74, 6) is -1.47. The van der Waals surface area contributed by atoms with Crippen molar-refractivity contribution in [2.45, 2.75) is 12.2 Å². The smallest absolute Gasteiger partial charge is 0.335 e. The van der Waals surface area contributed by atoms with Crippen LogP contribution in [0.4, 0.5) is 0 Å². The molecule has 0 heterocycles. The molecule has 6 nitrogen and oxygen atoms in total. The monoisotopic (exact) mass is 180 g/mol. The van der Waals surface area contributed by atoms with Gasteiger partial charge in [-0.3, -0.25) is 0 Å². The number of rotatable bonds is 6. The molecule has 0 amide bonds. The molecule has 2 atom stereocenters. The Hall–Kier alpha value is -0.690. The van der Waals surface area contributed by atoms with Crippen molar-refractivity contribution in [3.63, 3.8) is 0 Å². The fourth-order valence-corrected chi connectivity index (χ4v) is 0.607. The van der Waals surface area contributed by atoms with Crippen LogP contribution in [-0.2, 0) is 9.53 Å². The lowest BCUT2D eigenvalue weighted by molar-refractivity contribution is -0.158. The van der Waals surface area contributed by atoms with Crippen molar-refractivity contribution in [1.29, 1.82) is 0 Å². The predicted octanol–water partition coefficient (Wildman–Crippen LogP) is -2.20. The van der Waals surface area contributed by atoms with Crippen LogP contribution in [0.2, 0.25) is 0 Å². The molecule has 0 aromatic carbocycles. The Morgan fingerprint density at radius 3 is 2.33 bits per heavy atom. The van der Waals surface area contributed by atoms with E-state index in [1.165, 1.54) is 0 Å². The quantitative estimate of drug-likeness (QED) is 0.369. The summed E-state index contributed by atoms with van der Waals surface area (Å²) < 4.78 is 4.63. The standard InChI is InChI=1S/C6H12O6/c7-1-2-12-4(3-8)5(9)6(10)11/h4-5,7-9H,1-3H2,(H,10,11). The minimum absolute atomic E-state index is 0.116. The number of aliphatic carboxylic acids is 1. The Morgan fingerprint density at radius 1 is 1.42 bits per heavy atom. The van der Waals surface area contributed by atoms with Crippen molar-refractivity contribution >= 4 is 5.97 Å². The first kappa shape index (κ1) is 11.3. The summed E-state index contributed by atoms with van der Waals surface area (Å²) in [6, 6.07) is 0. The zero-order chi connectivity index (χ0) is 9.56. The van der Waals surface area contributed by atoms with Crippen LogP contribution in [0.15, 0.2) is 0 Å². The van der Waals surface area contributed by atoms with E-state index in [4.69, 9.17) is 20.4 Å². The molecule has 0 fully saturated rings. The number of carboxylic acid groups (broad SMARTS) is 1. The third kappa shape index (κ3) is 3.63. The highest BCUT2D eigenvalue weighted by Gasteiger charge is 2.25. The van der Waals surface area contributed by atoms with Gasteiger partial charge in [-0.1, -0.05) is 0 Å². The average molecular weight is 180 g/mol. The molecule has 0 aromatic heterocycles. The van der Waals surface area contributed by atoms with Gasteiger partial charge in [0.25, 0.3) is 0 Å². The van der Waals surface area contributed by atoms with Gasteiger partial charge in [0.05, 0.1) is 19.8 Å². The first-order valence-corrected chi connectivity index (χ1v) is 3.37. The van der Waals surface area contributed by atoms with Crippen molar-refractivity contribution in [3.8, 4) is 0 Å². The van der Waals surface area contributed by atoms with E-state index in [0.29, 0.717) is 0 Å². The third-order valence-corrected chi connectivity index (χ3v) is 1.21. The molecule has 4 N–H and O–H groups in total. The van der Waals surface area contributed by atoms with E-state index in [1.807, 2.05) is 0 Å². The zero-order valence-corrected chi connectivity index (χ0v) is 6.38. The van der Waals surface area contributed by atoms with Crippen LogP contribution in [0.5, 0.6) is 0 Å². The summed E-state index contributed by atoms with van der Waals surface area (Å²) in [5.41, 5.74) is 0. The molecule has 0 saturated heterocycles. The maximum absolute atomic E-state index is 10.2. The minimum atomic E-state index is -1.76. The molecular weight excluding hydrogens is 168 g/mol. The normalized spacial score (nSPS) is 15.6. The number of aliphatic hydroxyl groups excluding tert-OH is 3. The van der Waals surface area contributed by atoms with Gasteiger partial charge >= 0.3 is 5.97 Å². The first-order valence-electron chi connectivity index (χ1n) is 3.37. The predicted molar refractivity (Wildman–Crippen MR) is 37.6 cm³/mol. The van der Waals surface area contributed by atoms with Gasteiger partial charge in [-0.2, -0.15) is 0 Å². The number of hydrogen-bond acceptors (Lipinski definition) is 5. The summed E-state index contributed by atoms with van der Waals surface area (Å²) in [5, 5.41) is 34.0. The molecule has 0 aliphatic rings. The van der Waals surface area contributed by atoms with Crippen LogP contribution in [-0.4, -0.2) is 58.4 Å². The molecule has 0 aliphatic carbocycles. The third-order valence-electron chi connectivity index (χ3n) is 1.21. The molecule has 0 radical (unpaired) electrons. The molecule has 0 spiro atoms. The molecule has 6 heteroatoms. The highest BCUT2D eigenvalue weighted by atomic mass is 16.5. The van der Waals surface area contributed by atoms with Crippen LogP contribution < -0.4 is 0 Å². The van der Waals surface area contributed by atoms with Gasteiger partial charge in [0.2, 0.25) is 0 Å². The van der Waals surface area contributed by atoms with Crippen LogP contribution in [0.3, 0.4) is 0 Å². The van der Waals surface area contributed by atoms with E-state index >= 15 is 0 Å². The highest BCUT2D eigenvalue weighted by molar-refractivity contribution is 5.72. The molecule has 0 saturated carbocycles. The molecule has 0 rings (SSSR count). The second-order valence-corrected chi connectivity index (χ2v) is 2.10. The van der Waals surface area contributed by atoms with E-state index in [1.54, 1.807) is 0 Å². The summed E-state index contributed by atoms with van der Waals surface area (Å²) in [6.07, 6.45) is -2.95. The summed E-state index contributed by atoms with van der Waals surface area (Å²) in [6.45, 7) is -1.01. The Kier molecular flexibility index (Phi) is 5.56. The fourth-order valence-electron chi connectivity index (χ4n) is 0.607. The Morgan fingerprint density at radius 2 is 2.00 bits per heavy atom. The van der Waals surface area contributed by atoms with Gasteiger partial charge in [0, 0.05) is 0 Å². The number of ether oxygens (including phenoxy) is 1. The summed E-state index contributed by atoms with van der Waals surface area (Å²) in [4.78, 5) is 10.2. The number of carbonyl (C=O) groups is 1. The largest absolute Gasteiger partial charge is 0.479 e. The topological polar surface area (TPSA) is 107 Å². The van der Waals surface area contributed by atoms with Crippen molar-refractivity contribution < 1.29 is 30.0 Å². The van der Waals surface area contributed by atoms with Gasteiger partial charge in [0.1, 0.15) is 6.10 Å². The first-order chi connectivity index (χ1) is 5.63. The number of hydrogen-bond donors (Lipinski definition) is 4. The maximum Gasteiger partial charge on any atom is 0.335 e. The SMILES string of the molecule is O=C(O)C(O)C(CO)OCCO. The summed E-state index contributed by atoms with van der Waals surface area (Å²) >= 11 is 0. The van der Waals surface area contributed by atoms with E-state index in [2.05, 4.69) is 4.74 Å². The van der Waals surface area contributed by atoms with Gasteiger partial charge in [-0.05, 0) is 0 Å². The molecule has 0 bridgehead atoms. The summed E-state index contributed by atoms with van der Waals surface area (Å²) in [7, 11) is 0. The van der Waals surface area contributed by atoms with Crippen molar-refractivity contribution in [3.05, 3.63) is 0 Å². The zero-order valence-electron chi connectivity index (χ0n) is 6.38. The Bertz CT molecular complexity index is 136. The van der Waals surface area contributed by atoms with Gasteiger partial charge in [-0.25, -0.2) is 4.79 Å². The van der Waals surface area contributed by atoms with E-state index in [-0.39, 0.29) is 13.2 Å². The molecule has 0 aliphatic heterocycles. The number of carboxylic acids is 1. The van der Waals surface area contributed by atoms with Crippen LogP contribution in [0.25, 0.3) is 0 Å². The minimum Gasteiger partial charge on any atom is -0.479 e. The molecule has 12 heavy (non-hydrogen) atoms. The van der Waals surface area contributed by atoms with Gasteiger partial charge in [-0.15, -0.1) is 0 Å². The maximum atomic E-state index is 10.2. The molecule has 2 unspecified atom stereocenters. The number of aliphatic hydroxyl groups is 3. The average Bonchev–Trinajstić information content (AvgIpc) is 2.05. The van der Waals surface area contributed by atoms with E-state index < -0.39 is 24.8 Å². The van der Waals surface area contributed by atoms with Crippen LogP contribution >= 0.6 is 0 Å². The second kappa shape index (κ2) is 5.90. The lowest BCUT2D eigenvalue weighted by atomic mass is 10.2. The Labute approximate surface area is 69.0 Å². The van der Waals surface area contributed by atoms with E-state index in [0.717, 1.165) is 0 Å². The van der Waals surface area contributed by atoms with E-state index in [9.17, 15) is 4.79 Å². The van der Waals surface area contributed by atoms with Crippen molar-refractivity contribution in [1.82, 2.24) is 0 Å². The van der Waals surface area contributed by atoms with Crippen molar-refractivity contribution in [2.24, 2.45) is 0 Å². The van der Waals surface area contributed by atoms with Crippen molar-refractivity contribution in [2.75, 3.05) is 19.8 Å². The fraction of sp³-hybridized carbons (Fsp3) is 0.833. The highest BCUT2D eigenvalue weighted by Crippen LogP contribution is 1.98. The second-order valence-electron chi connectivity index (χ2n) is 2.10. The lowest BCUT2D eigenvalue weighted by Crippen LogP contribution is -2.39. The van der Waals surface area contributed by atoms with Crippen LogP contribution in [0.1, 0.15) is 0 Å². The van der Waals surface area contributed by atoms with Crippen LogP contribution in [0, 0.1) is 0 Å². The Balaban J connectivity index is 3.87.